The van der Waals surface area contributed by atoms with Crippen molar-refractivity contribution in [2.24, 2.45) is 0 Å². The minimum absolute atomic E-state index is 0.199. The standard InChI is InChI=1S/C12H14FN3O/c1-9-15-16-12(17-9)8-14-6-5-10-3-2-4-11(13)7-10/h2-4,7,14H,5-6,8H2,1H3. The van der Waals surface area contributed by atoms with Crippen LogP contribution in [0.5, 0.6) is 0 Å². The minimum atomic E-state index is -0.199. The van der Waals surface area contributed by atoms with Crippen molar-refractivity contribution in [1.82, 2.24) is 15.5 Å². The first-order chi connectivity index (χ1) is 8.24. The maximum atomic E-state index is 12.9. The number of benzene rings is 1. The Morgan fingerprint density at radius 2 is 2.24 bits per heavy atom. The lowest BCUT2D eigenvalue weighted by atomic mass is 10.1. The number of halogens is 1. The molecule has 0 aliphatic rings. The van der Waals surface area contributed by atoms with E-state index in [0.29, 0.717) is 18.3 Å². The summed E-state index contributed by atoms with van der Waals surface area (Å²) in [5, 5.41) is 10.8. The summed E-state index contributed by atoms with van der Waals surface area (Å²) in [6.07, 6.45) is 0.769. The van der Waals surface area contributed by atoms with E-state index in [0.717, 1.165) is 18.5 Å². The monoisotopic (exact) mass is 235 g/mol. The Balaban J connectivity index is 1.73. The zero-order valence-corrected chi connectivity index (χ0v) is 9.61. The zero-order chi connectivity index (χ0) is 12.1. The van der Waals surface area contributed by atoms with E-state index >= 15 is 0 Å². The van der Waals surface area contributed by atoms with Gasteiger partial charge in [-0.05, 0) is 30.7 Å². The van der Waals surface area contributed by atoms with Crippen LogP contribution in [0.3, 0.4) is 0 Å². The van der Waals surface area contributed by atoms with Crippen molar-refractivity contribution >= 4 is 0 Å². The highest BCUT2D eigenvalue weighted by molar-refractivity contribution is 5.16. The van der Waals surface area contributed by atoms with E-state index in [1.165, 1.54) is 6.07 Å². The molecule has 0 atom stereocenters. The van der Waals surface area contributed by atoms with Gasteiger partial charge in [-0.3, -0.25) is 0 Å². The van der Waals surface area contributed by atoms with E-state index in [9.17, 15) is 4.39 Å². The third-order valence-electron chi connectivity index (χ3n) is 2.32. The molecular weight excluding hydrogens is 221 g/mol. The van der Waals surface area contributed by atoms with Crippen molar-refractivity contribution in [3.8, 4) is 0 Å². The highest BCUT2D eigenvalue weighted by atomic mass is 19.1. The molecule has 0 aliphatic heterocycles. The van der Waals surface area contributed by atoms with Gasteiger partial charge in [-0.25, -0.2) is 4.39 Å². The van der Waals surface area contributed by atoms with Crippen LogP contribution in [-0.4, -0.2) is 16.7 Å². The molecule has 1 aromatic carbocycles. The van der Waals surface area contributed by atoms with Gasteiger partial charge in [-0.15, -0.1) is 10.2 Å². The SMILES string of the molecule is Cc1nnc(CNCCc2cccc(F)c2)o1. The van der Waals surface area contributed by atoms with Crippen molar-refractivity contribution in [2.75, 3.05) is 6.54 Å². The van der Waals surface area contributed by atoms with Gasteiger partial charge in [0.1, 0.15) is 5.82 Å². The van der Waals surface area contributed by atoms with Crippen LogP contribution >= 0.6 is 0 Å². The molecule has 2 aromatic rings. The van der Waals surface area contributed by atoms with Crippen molar-refractivity contribution < 1.29 is 8.81 Å². The van der Waals surface area contributed by atoms with E-state index < -0.39 is 0 Å². The third kappa shape index (κ3) is 3.64. The summed E-state index contributed by atoms with van der Waals surface area (Å²) in [7, 11) is 0. The van der Waals surface area contributed by atoms with Crippen LogP contribution in [0.1, 0.15) is 17.3 Å². The number of nitrogens with one attached hydrogen (secondary N) is 1. The summed E-state index contributed by atoms with van der Waals surface area (Å²) in [5.41, 5.74) is 0.971. The summed E-state index contributed by atoms with van der Waals surface area (Å²) < 4.78 is 18.1. The Hall–Kier alpha value is -1.75. The largest absolute Gasteiger partial charge is 0.424 e. The summed E-state index contributed by atoms with van der Waals surface area (Å²) in [6, 6.07) is 6.60. The summed E-state index contributed by atoms with van der Waals surface area (Å²) in [6.45, 7) is 3.03. The molecule has 1 aromatic heterocycles. The lowest BCUT2D eigenvalue weighted by Gasteiger charge is -2.02. The molecule has 1 heterocycles. The van der Waals surface area contributed by atoms with Gasteiger partial charge in [-0.1, -0.05) is 12.1 Å². The third-order valence-corrected chi connectivity index (χ3v) is 2.32. The van der Waals surface area contributed by atoms with Crippen LogP contribution in [0.4, 0.5) is 4.39 Å². The molecule has 4 nitrogen and oxygen atoms in total. The van der Waals surface area contributed by atoms with E-state index in [-0.39, 0.29) is 5.82 Å². The number of hydrogen-bond acceptors (Lipinski definition) is 4. The summed E-state index contributed by atoms with van der Waals surface area (Å²) in [5.74, 6) is 0.934. The van der Waals surface area contributed by atoms with Crippen molar-refractivity contribution in [3.05, 3.63) is 47.4 Å². The predicted octanol–water partition coefficient (Wildman–Crippen LogP) is 1.85. The fourth-order valence-corrected chi connectivity index (χ4v) is 1.53. The molecule has 90 valence electrons. The number of nitrogens with zero attached hydrogens (tertiary/aromatic N) is 2. The minimum Gasteiger partial charge on any atom is -0.424 e. The van der Waals surface area contributed by atoms with Gasteiger partial charge in [0.25, 0.3) is 0 Å². The van der Waals surface area contributed by atoms with E-state index in [1.807, 2.05) is 6.07 Å². The molecule has 1 N–H and O–H groups in total. The Kier molecular flexibility index (Phi) is 3.82. The molecule has 2 rings (SSSR count). The highest BCUT2D eigenvalue weighted by Crippen LogP contribution is 2.03. The van der Waals surface area contributed by atoms with Crippen LogP contribution in [0, 0.1) is 12.7 Å². The van der Waals surface area contributed by atoms with Crippen LogP contribution in [0.15, 0.2) is 28.7 Å². The van der Waals surface area contributed by atoms with Crippen LogP contribution in [-0.2, 0) is 13.0 Å². The fraction of sp³-hybridized carbons (Fsp3) is 0.333. The highest BCUT2D eigenvalue weighted by Gasteiger charge is 2.01. The van der Waals surface area contributed by atoms with Crippen LogP contribution < -0.4 is 5.32 Å². The number of aryl methyl sites for hydroxylation is 1. The van der Waals surface area contributed by atoms with Gasteiger partial charge in [0.2, 0.25) is 11.8 Å². The van der Waals surface area contributed by atoms with Crippen molar-refractivity contribution in [1.29, 1.82) is 0 Å². The molecule has 5 heteroatoms. The molecule has 0 fully saturated rings. The van der Waals surface area contributed by atoms with Gasteiger partial charge in [0.15, 0.2) is 0 Å². The Morgan fingerprint density at radius 3 is 2.94 bits per heavy atom. The quantitative estimate of drug-likeness (QED) is 0.803. The van der Waals surface area contributed by atoms with Gasteiger partial charge >= 0.3 is 0 Å². The fourth-order valence-electron chi connectivity index (χ4n) is 1.53. The average Bonchev–Trinajstić information content (AvgIpc) is 2.71. The molecular formula is C12H14FN3O. The van der Waals surface area contributed by atoms with E-state index in [2.05, 4.69) is 15.5 Å². The Labute approximate surface area is 98.9 Å². The molecule has 0 spiro atoms. The maximum Gasteiger partial charge on any atom is 0.230 e. The molecule has 0 bridgehead atoms. The van der Waals surface area contributed by atoms with Gasteiger partial charge < -0.3 is 9.73 Å². The van der Waals surface area contributed by atoms with E-state index in [1.54, 1.807) is 19.1 Å². The van der Waals surface area contributed by atoms with Crippen molar-refractivity contribution in [2.45, 2.75) is 19.9 Å². The first kappa shape index (κ1) is 11.7. The molecule has 0 aliphatic carbocycles. The Morgan fingerprint density at radius 1 is 1.35 bits per heavy atom. The first-order valence-corrected chi connectivity index (χ1v) is 5.48. The summed E-state index contributed by atoms with van der Waals surface area (Å²) in [4.78, 5) is 0. The second kappa shape index (κ2) is 5.54. The first-order valence-electron chi connectivity index (χ1n) is 5.48. The molecule has 0 radical (unpaired) electrons. The second-order valence-electron chi connectivity index (χ2n) is 3.77. The van der Waals surface area contributed by atoms with Gasteiger partial charge in [-0.2, -0.15) is 0 Å². The van der Waals surface area contributed by atoms with Crippen LogP contribution in [0.2, 0.25) is 0 Å². The van der Waals surface area contributed by atoms with Gasteiger partial charge in [0, 0.05) is 6.92 Å². The average molecular weight is 235 g/mol. The summed E-state index contributed by atoms with van der Waals surface area (Å²) >= 11 is 0. The molecule has 0 saturated heterocycles. The van der Waals surface area contributed by atoms with Crippen LogP contribution in [0.25, 0.3) is 0 Å². The number of aromatic nitrogens is 2. The van der Waals surface area contributed by atoms with E-state index in [4.69, 9.17) is 4.42 Å². The predicted molar refractivity (Wildman–Crippen MR) is 60.8 cm³/mol. The number of rotatable bonds is 5. The number of hydrogen-bond donors (Lipinski definition) is 1. The second-order valence-corrected chi connectivity index (χ2v) is 3.77. The lowest BCUT2D eigenvalue weighted by molar-refractivity contribution is 0.448. The molecule has 0 amide bonds. The molecule has 0 saturated carbocycles. The van der Waals surface area contributed by atoms with Crippen molar-refractivity contribution in [3.63, 3.8) is 0 Å². The molecule has 17 heavy (non-hydrogen) atoms. The lowest BCUT2D eigenvalue weighted by Crippen LogP contribution is -2.16. The normalized spacial score (nSPS) is 10.7. The van der Waals surface area contributed by atoms with Gasteiger partial charge in [0.05, 0.1) is 6.54 Å². The smallest absolute Gasteiger partial charge is 0.230 e. The topological polar surface area (TPSA) is 51.0 Å². The molecule has 0 unspecified atom stereocenters. The Bertz CT molecular complexity index is 484. The maximum absolute atomic E-state index is 12.9. The zero-order valence-electron chi connectivity index (χ0n) is 9.61.